The Labute approximate surface area is 126 Å². The summed E-state index contributed by atoms with van der Waals surface area (Å²) in [6.45, 7) is 10.00. The summed E-state index contributed by atoms with van der Waals surface area (Å²) in [4.78, 5) is 25.6. The highest BCUT2D eigenvalue weighted by atomic mass is 16.5. The molecule has 1 N–H and O–H groups in total. The van der Waals surface area contributed by atoms with Gasteiger partial charge in [0, 0.05) is 13.1 Å². The van der Waals surface area contributed by atoms with Crippen LogP contribution in [0, 0.1) is 5.41 Å². The van der Waals surface area contributed by atoms with Crippen molar-refractivity contribution < 1.29 is 19.1 Å². The quantitative estimate of drug-likeness (QED) is 0.597. The number of hydrogen-bond donors (Lipinski definition) is 1. The molecule has 1 saturated heterocycles. The fourth-order valence-electron chi connectivity index (χ4n) is 2.02. The van der Waals surface area contributed by atoms with E-state index in [1.165, 1.54) is 7.11 Å². The molecule has 6 nitrogen and oxygen atoms in total. The number of urea groups is 1. The minimum Gasteiger partial charge on any atom is -0.467 e. The van der Waals surface area contributed by atoms with E-state index in [0.29, 0.717) is 32.7 Å². The maximum Gasteiger partial charge on any atom is 0.328 e. The average Bonchev–Trinajstić information content (AvgIpc) is 2.51. The van der Waals surface area contributed by atoms with Gasteiger partial charge in [-0.3, -0.25) is 0 Å². The Kier molecular flexibility index (Phi) is 6.68. The van der Waals surface area contributed by atoms with Gasteiger partial charge < -0.3 is 19.7 Å². The largest absolute Gasteiger partial charge is 0.467 e. The number of morpholine rings is 1. The molecule has 0 aromatic carbocycles. The van der Waals surface area contributed by atoms with Gasteiger partial charge in [0.25, 0.3) is 0 Å². The van der Waals surface area contributed by atoms with Gasteiger partial charge in [-0.15, -0.1) is 6.58 Å². The number of methoxy groups -OCH3 is 1. The number of hydrogen-bond acceptors (Lipinski definition) is 4. The zero-order valence-electron chi connectivity index (χ0n) is 13.2. The molecule has 0 aromatic rings. The molecule has 0 saturated carbocycles. The topological polar surface area (TPSA) is 67.9 Å². The van der Waals surface area contributed by atoms with Gasteiger partial charge in [0.2, 0.25) is 0 Å². The van der Waals surface area contributed by atoms with E-state index in [0.717, 1.165) is 6.42 Å². The Morgan fingerprint density at radius 2 is 2.05 bits per heavy atom. The third-order valence-corrected chi connectivity index (χ3v) is 3.71. The molecule has 0 aliphatic carbocycles. The molecule has 1 aliphatic rings. The molecule has 1 fully saturated rings. The molecule has 1 unspecified atom stereocenters. The van der Waals surface area contributed by atoms with E-state index in [-0.39, 0.29) is 11.4 Å². The van der Waals surface area contributed by atoms with Gasteiger partial charge >= 0.3 is 12.0 Å². The number of ether oxygens (including phenoxy) is 2. The molecule has 0 bridgehead atoms. The second-order valence-electron chi connectivity index (χ2n) is 5.86. The first kappa shape index (κ1) is 17.5. The van der Waals surface area contributed by atoms with Crippen molar-refractivity contribution in [2.75, 3.05) is 33.4 Å². The van der Waals surface area contributed by atoms with Gasteiger partial charge in [-0.05, 0) is 18.3 Å². The smallest absolute Gasteiger partial charge is 0.328 e. The van der Waals surface area contributed by atoms with Crippen LogP contribution >= 0.6 is 0 Å². The van der Waals surface area contributed by atoms with Crippen LogP contribution in [0.2, 0.25) is 0 Å². The number of carbonyl (C=O) groups is 2. The monoisotopic (exact) mass is 298 g/mol. The third kappa shape index (κ3) is 5.75. The normalized spacial score (nSPS) is 17.0. The number of allylic oxidation sites excluding steroid dienone is 1. The summed E-state index contributed by atoms with van der Waals surface area (Å²) in [6, 6.07) is -0.880. The van der Waals surface area contributed by atoms with Gasteiger partial charge in [-0.25, -0.2) is 9.59 Å². The molecular formula is C15H26N2O4. The molecule has 6 heteroatoms. The lowest BCUT2D eigenvalue weighted by atomic mass is 9.86. The molecule has 0 spiro atoms. The van der Waals surface area contributed by atoms with Gasteiger partial charge in [0.15, 0.2) is 0 Å². The molecule has 1 atom stereocenters. The summed E-state index contributed by atoms with van der Waals surface area (Å²) in [5, 5.41) is 2.76. The summed E-state index contributed by atoms with van der Waals surface area (Å²) in [6.07, 6.45) is 3.10. The van der Waals surface area contributed by atoms with E-state index < -0.39 is 12.0 Å². The van der Waals surface area contributed by atoms with Crippen LogP contribution in [0.15, 0.2) is 12.7 Å². The fraction of sp³-hybridized carbons (Fsp3) is 0.733. The molecule has 0 radical (unpaired) electrons. The summed E-state index contributed by atoms with van der Waals surface area (Å²) >= 11 is 0. The van der Waals surface area contributed by atoms with E-state index in [1.807, 2.05) is 19.9 Å². The zero-order valence-corrected chi connectivity index (χ0v) is 13.2. The molecule has 120 valence electrons. The number of nitrogens with zero attached hydrogens (tertiary/aromatic N) is 1. The van der Waals surface area contributed by atoms with Crippen molar-refractivity contribution in [1.82, 2.24) is 10.2 Å². The SMILES string of the molecule is C=CC(C)(C)CCC(NC(=O)N1CCOCC1)C(=O)OC. The fourth-order valence-corrected chi connectivity index (χ4v) is 2.02. The lowest BCUT2D eigenvalue weighted by molar-refractivity contribution is -0.143. The Hall–Kier alpha value is -1.56. The van der Waals surface area contributed by atoms with Crippen LogP contribution < -0.4 is 5.32 Å². The van der Waals surface area contributed by atoms with Crippen LogP contribution in [0.1, 0.15) is 26.7 Å². The second kappa shape index (κ2) is 8.02. The molecule has 1 rings (SSSR count). The van der Waals surface area contributed by atoms with E-state index in [1.54, 1.807) is 4.90 Å². The highest BCUT2D eigenvalue weighted by molar-refractivity contribution is 5.83. The predicted molar refractivity (Wildman–Crippen MR) is 79.9 cm³/mol. The van der Waals surface area contributed by atoms with Gasteiger partial charge in [-0.2, -0.15) is 0 Å². The van der Waals surface area contributed by atoms with Crippen molar-refractivity contribution in [3.63, 3.8) is 0 Å². The van der Waals surface area contributed by atoms with Gasteiger partial charge in [0.1, 0.15) is 6.04 Å². The summed E-state index contributed by atoms with van der Waals surface area (Å²) in [5.74, 6) is -0.420. The Balaban J connectivity index is 2.58. The van der Waals surface area contributed by atoms with Crippen molar-refractivity contribution in [2.45, 2.75) is 32.7 Å². The minimum atomic E-state index is -0.635. The molecule has 1 heterocycles. The van der Waals surface area contributed by atoms with Crippen LogP contribution in [0.3, 0.4) is 0 Å². The van der Waals surface area contributed by atoms with Crippen LogP contribution in [0.25, 0.3) is 0 Å². The second-order valence-corrected chi connectivity index (χ2v) is 5.86. The van der Waals surface area contributed by atoms with E-state index >= 15 is 0 Å². The molecule has 0 aromatic heterocycles. The molecule has 21 heavy (non-hydrogen) atoms. The standard InChI is InChI=1S/C15H26N2O4/c1-5-15(2,3)7-6-12(13(18)20-4)16-14(19)17-8-10-21-11-9-17/h5,12H,1,6-11H2,2-4H3,(H,16,19). The van der Waals surface area contributed by atoms with Crippen LogP contribution in [0.5, 0.6) is 0 Å². The van der Waals surface area contributed by atoms with Crippen molar-refractivity contribution in [3.05, 3.63) is 12.7 Å². The van der Waals surface area contributed by atoms with E-state index in [4.69, 9.17) is 9.47 Å². The summed E-state index contributed by atoms with van der Waals surface area (Å²) < 4.78 is 9.98. The van der Waals surface area contributed by atoms with Crippen LogP contribution in [-0.4, -0.2) is 56.4 Å². The van der Waals surface area contributed by atoms with E-state index in [9.17, 15) is 9.59 Å². The highest BCUT2D eigenvalue weighted by Gasteiger charge is 2.27. The van der Waals surface area contributed by atoms with Gasteiger partial charge in [0.05, 0.1) is 20.3 Å². The maximum atomic E-state index is 12.2. The number of esters is 1. The summed E-state index contributed by atoms with van der Waals surface area (Å²) in [7, 11) is 1.33. The Morgan fingerprint density at radius 3 is 2.57 bits per heavy atom. The number of carbonyl (C=O) groups excluding carboxylic acids is 2. The predicted octanol–water partition coefficient (Wildman–Crippen LogP) is 1.56. The lowest BCUT2D eigenvalue weighted by Crippen LogP contribution is -2.51. The molecular weight excluding hydrogens is 272 g/mol. The first-order chi connectivity index (χ1) is 9.89. The van der Waals surface area contributed by atoms with Crippen LogP contribution in [-0.2, 0) is 14.3 Å². The van der Waals surface area contributed by atoms with Crippen molar-refractivity contribution >= 4 is 12.0 Å². The summed E-state index contributed by atoms with van der Waals surface area (Å²) in [5.41, 5.74) is -0.0873. The minimum absolute atomic E-state index is 0.0873. The number of rotatable bonds is 6. The van der Waals surface area contributed by atoms with E-state index in [2.05, 4.69) is 11.9 Å². The molecule has 1 aliphatic heterocycles. The maximum absolute atomic E-state index is 12.2. The van der Waals surface area contributed by atoms with Crippen molar-refractivity contribution in [2.24, 2.45) is 5.41 Å². The lowest BCUT2D eigenvalue weighted by Gasteiger charge is -2.29. The highest BCUT2D eigenvalue weighted by Crippen LogP contribution is 2.24. The van der Waals surface area contributed by atoms with Crippen LogP contribution in [0.4, 0.5) is 4.79 Å². The number of nitrogens with one attached hydrogen (secondary N) is 1. The zero-order chi connectivity index (χ0) is 15.9. The molecule has 2 amide bonds. The first-order valence-electron chi connectivity index (χ1n) is 7.24. The Bertz CT molecular complexity index is 376. The average molecular weight is 298 g/mol. The number of amides is 2. The van der Waals surface area contributed by atoms with Gasteiger partial charge in [-0.1, -0.05) is 19.9 Å². The Morgan fingerprint density at radius 1 is 1.43 bits per heavy atom. The van der Waals surface area contributed by atoms with Crippen molar-refractivity contribution in [3.8, 4) is 0 Å². The first-order valence-corrected chi connectivity index (χ1v) is 7.24. The third-order valence-electron chi connectivity index (χ3n) is 3.71. The van der Waals surface area contributed by atoms with Crippen molar-refractivity contribution in [1.29, 1.82) is 0 Å².